The normalized spacial score (nSPS) is 15.9. The second-order valence-electron chi connectivity index (χ2n) is 7.34. The summed E-state index contributed by atoms with van der Waals surface area (Å²) in [6.45, 7) is 1.65. The molecule has 0 radical (unpaired) electrons. The number of likely N-dealkylation sites (tertiary alicyclic amines) is 1. The highest BCUT2D eigenvalue weighted by atomic mass is 35.5. The molecule has 154 valence electrons. The van der Waals surface area contributed by atoms with Crippen LogP contribution in [0.4, 0.5) is 5.69 Å². The second-order valence-corrected chi connectivity index (χ2v) is 7.34. The lowest BCUT2D eigenvalue weighted by molar-refractivity contribution is -0.120. The molecule has 1 N–H and O–H groups in total. The number of rotatable bonds is 6. The number of carbonyl (C=O) groups excluding carboxylic acids is 2. The van der Waals surface area contributed by atoms with Crippen LogP contribution in [0.25, 0.3) is 0 Å². The molecule has 1 amide bonds. The van der Waals surface area contributed by atoms with E-state index < -0.39 is 0 Å². The van der Waals surface area contributed by atoms with Crippen LogP contribution in [0, 0.1) is 0 Å². The molecule has 4 rings (SSSR count). The molecule has 0 bridgehead atoms. The molecule has 3 aromatic carbocycles. The minimum atomic E-state index is -0.185. The van der Waals surface area contributed by atoms with E-state index in [0.29, 0.717) is 16.8 Å². The summed E-state index contributed by atoms with van der Waals surface area (Å²) in [4.78, 5) is 28.2. The molecular formula is C25H25ClN2O2. The number of carbonyl (C=O) groups is 2. The molecule has 3 aromatic rings. The fourth-order valence-electron chi connectivity index (χ4n) is 3.88. The standard InChI is InChI=1S/C25H24N2O2.ClH/c28-24(20-12-5-2-6-13-20)21-14-7-8-15-22(21)26-25(29)23-16-9-17-27(23)18-19-10-3-1-4-11-19;/h1-8,10-15,23H,9,16-18H2,(H,26,29);1H. The Labute approximate surface area is 183 Å². The maximum atomic E-state index is 13.1. The number of hydrogen-bond acceptors (Lipinski definition) is 3. The molecule has 5 heteroatoms. The highest BCUT2D eigenvalue weighted by Gasteiger charge is 2.31. The van der Waals surface area contributed by atoms with Crippen molar-refractivity contribution in [2.24, 2.45) is 0 Å². The molecule has 1 fully saturated rings. The summed E-state index contributed by atoms with van der Waals surface area (Å²) in [5.41, 5.74) is 2.89. The first-order valence-corrected chi connectivity index (χ1v) is 10.00. The third-order valence-corrected chi connectivity index (χ3v) is 5.36. The van der Waals surface area contributed by atoms with Gasteiger partial charge in [-0.3, -0.25) is 14.5 Å². The lowest BCUT2D eigenvalue weighted by Gasteiger charge is -2.24. The van der Waals surface area contributed by atoms with Gasteiger partial charge >= 0.3 is 0 Å². The number of halogens is 1. The number of benzene rings is 3. The molecule has 0 saturated carbocycles. The van der Waals surface area contributed by atoms with Crippen molar-refractivity contribution in [3.63, 3.8) is 0 Å². The van der Waals surface area contributed by atoms with Crippen LogP contribution in [0.5, 0.6) is 0 Å². The van der Waals surface area contributed by atoms with Crippen molar-refractivity contribution >= 4 is 29.8 Å². The number of hydrogen-bond donors (Lipinski definition) is 1. The van der Waals surface area contributed by atoms with Crippen molar-refractivity contribution in [1.29, 1.82) is 0 Å². The third-order valence-electron chi connectivity index (χ3n) is 5.36. The van der Waals surface area contributed by atoms with Crippen LogP contribution < -0.4 is 5.32 Å². The second kappa shape index (κ2) is 10.2. The van der Waals surface area contributed by atoms with E-state index in [0.717, 1.165) is 25.9 Å². The first kappa shape index (κ1) is 21.8. The van der Waals surface area contributed by atoms with Crippen molar-refractivity contribution in [2.45, 2.75) is 25.4 Å². The zero-order valence-electron chi connectivity index (χ0n) is 16.7. The van der Waals surface area contributed by atoms with Crippen molar-refractivity contribution in [3.05, 3.63) is 102 Å². The average molecular weight is 421 g/mol. The number of para-hydroxylation sites is 1. The van der Waals surface area contributed by atoms with Crippen LogP contribution in [0.1, 0.15) is 34.3 Å². The third kappa shape index (κ3) is 4.96. The monoisotopic (exact) mass is 420 g/mol. The Kier molecular flexibility index (Phi) is 7.39. The van der Waals surface area contributed by atoms with Crippen molar-refractivity contribution in [3.8, 4) is 0 Å². The van der Waals surface area contributed by atoms with Gasteiger partial charge in [0, 0.05) is 17.7 Å². The number of anilines is 1. The SMILES string of the molecule is Cl.O=C(c1ccccc1)c1ccccc1NC(=O)C1CCCN1Cc1ccccc1. The van der Waals surface area contributed by atoms with Crippen LogP contribution in [-0.4, -0.2) is 29.2 Å². The Hall–Kier alpha value is -2.95. The van der Waals surface area contributed by atoms with Gasteiger partial charge < -0.3 is 5.32 Å². The lowest BCUT2D eigenvalue weighted by Crippen LogP contribution is -2.39. The maximum absolute atomic E-state index is 13.1. The minimum absolute atomic E-state index is 0. The van der Waals surface area contributed by atoms with Gasteiger partial charge in [0.15, 0.2) is 5.78 Å². The quantitative estimate of drug-likeness (QED) is 0.574. The van der Waals surface area contributed by atoms with Crippen molar-refractivity contribution < 1.29 is 9.59 Å². The zero-order valence-corrected chi connectivity index (χ0v) is 17.5. The number of nitrogens with one attached hydrogen (secondary N) is 1. The maximum Gasteiger partial charge on any atom is 0.241 e. The van der Waals surface area contributed by atoms with E-state index in [9.17, 15) is 9.59 Å². The smallest absolute Gasteiger partial charge is 0.241 e. The number of ketones is 1. The van der Waals surface area contributed by atoms with Crippen molar-refractivity contribution in [1.82, 2.24) is 4.90 Å². The van der Waals surface area contributed by atoms with Gasteiger partial charge in [-0.05, 0) is 37.1 Å². The summed E-state index contributed by atoms with van der Waals surface area (Å²) in [6.07, 6.45) is 1.82. The van der Waals surface area contributed by atoms with Crippen LogP contribution in [0.15, 0.2) is 84.9 Å². The minimum Gasteiger partial charge on any atom is -0.324 e. The Morgan fingerprint density at radius 3 is 2.23 bits per heavy atom. The summed E-state index contributed by atoms with van der Waals surface area (Å²) in [7, 11) is 0. The fourth-order valence-corrected chi connectivity index (χ4v) is 3.88. The van der Waals surface area contributed by atoms with Crippen LogP contribution in [0.2, 0.25) is 0 Å². The van der Waals surface area contributed by atoms with Gasteiger partial charge in [0.05, 0.1) is 11.7 Å². The molecule has 30 heavy (non-hydrogen) atoms. The Morgan fingerprint density at radius 2 is 1.50 bits per heavy atom. The van der Waals surface area contributed by atoms with Crippen LogP contribution >= 0.6 is 12.4 Å². The molecule has 1 saturated heterocycles. The summed E-state index contributed by atoms with van der Waals surface area (Å²) >= 11 is 0. The van der Waals surface area contributed by atoms with Crippen LogP contribution in [0.3, 0.4) is 0 Å². The van der Waals surface area contributed by atoms with E-state index >= 15 is 0 Å². The van der Waals surface area contributed by atoms with Crippen molar-refractivity contribution in [2.75, 3.05) is 11.9 Å². The van der Waals surface area contributed by atoms with E-state index in [1.807, 2.05) is 48.5 Å². The molecule has 1 aliphatic rings. The highest BCUT2D eigenvalue weighted by Crippen LogP contribution is 2.24. The summed E-state index contributed by atoms with van der Waals surface area (Å²) in [5, 5.41) is 3.02. The first-order chi connectivity index (χ1) is 14.2. The van der Waals surface area contributed by atoms with Gasteiger partial charge in [-0.2, -0.15) is 0 Å². The van der Waals surface area contributed by atoms with E-state index in [1.165, 1.54) is 5.56 Å². The molecule has 0 aliphatic carbocycles. The molecule has 4 nitrogen and oxygen atoms in total. The lowest BCUT2D eigenvalue weighted by atomic mass is 10.0. The molecule has 1 heterocycles. The predicted molar refractivity (Wildman–Crippen MR) is 122 cm³/mol. The Morgan fingerprint density at radius 1 is 0.867 bits per heavy atom. The molecule has 1 unspecified atom stereocenters. The topological polar surface area (TPSA) is 49.4 Å². The molecule has 1 atom stereocenters. The van der Waals surface area contributed by atoms with Gasteiger partial charge in [0.2, 0.25) is 5.91 Å². The van der Waals surface area contributed by atoms with Gasteiger partial charge in [0.25, 0.3) is 0 Å². The fraction of sp³-hybridized carbons (Fsp3) is 0.200. The first-order valence-electron chi connectivity index (χ1n) is 10.00. The van der Waals surface area contributed by atoms with Gasteiger partial charge in [-0.25, -0.2) is 0 Å². The van der Waals surface area contributed by atoms with E-state index in [4.69, 9.17) is 0 Å². The Bertz CT molecular complexity index is 992. The predicted octanol–water partition coefficient (Wildman–Crippen LogP) is 4.94. The summed E-state index contributed by atoms with van der Waals surface area (Å²) in [6, 6.07) is 26.4. The summed E-state index contributed by atoms with van der Waals surface area (Å²) < 4.78 is 0. The van der Waals surface area contributed by atoms with Gasteiger partial charge in [0.1, 0.15) is 0 Å². The Balaban J connectivity index is 0.00000256. The van der Waals surface area contributed by atoms with E-state index in [-0.39, 0.29) is 30.1 Å². The van der Waals surface area contributed by atoms with Gasteiger partial charge in [-0.15, -0.1) is 12.4 Å². The van der Waals surface area contributed by atoms with E-state index in [2.05, 4.69) is 22.3 Å². The van der Waals surface area contributed by atoms with E-state index in [1.54, 1.807) is 24.3 Å². The largest absolute Gasteiger partial charge is 0.324 e. The average Bonchev–Trinajstić information content (AvgIpc) is 3.23. The molecule has 1 aliphatic heterocycles. The number of nitrogens with zero attached hydrogens (tertiary/aromatic N) is 1. The highest BCUT2D eigenvalue weighted by molar-refractivity contribution is 6.14. The van der Waals surface area contributed by atoms with Crippen LogP contribution in [-0.2, 0) is 11.3 Å². The molecule has 0 aromatic heterocycles. The molecule has 0 spiro atoms. The van der Waals surface area contributed by atoms with Gasteiger partial charge in [-0.1, -0.05) is 72.8 Å². The summed E-state index contributed by atoms with van der Waals surface area (Å²) in [5.74, 6) is -0.138. The number of amides is 1. The molecular weight excluding hydrogens is 396 g/mol. The zero-order chi connectivity index (χ0) is 20.1.